The summed E-state index contributed by atoms with van der Waals surface area (Å²) in [5.74, 6) is 0.828. The van der Waals surface area contributed by atoms with E-state index in [1.54, 1.807) is 12.1 Å². The molecule has 0 bridgehead atoms. The van der Waals surface area contributed by atoms with Gasteiger partial charge in [-0.3, -0.25) is 4.79 Å². The molecule has 0 radical (unpaired) electrons. The predicted molar refractivity (Wildman–Crippen MR) is 70.5 cm³/mol. The van der Waals surface area contributed by atoms with Crippen molar-refractivity contribution in [2.75, 3.05) is 6.61 Å². The number of nitrogens with one attached hydrogen (secondary N) is 1. The SMILES string of the molecule is CCc1ccc(C(=O)NC(CO)CC(C)(C)C)o1. The number of hydrogen-bond acceptors (Lipinski definition) is 3. The van der Waals surface area contributed by atoms with E-state index in [1.165, 1.54) is 0 Å². The molecule has 0 aliphatic rings. The van der Waals surface area contributed by atoms with Gasteiger partial charge in [-0.05, 0) is 24.0 Å². The molecule has 102 valence electrons. The quantitative estimate of drug-likeness (QED) is 0.846. The maximum atomic E-state index is 11.9. The first-order chi connectivity index (χ1) is 8.35. The number of furan rings is 1. The summed E-state index contributed by atoms with van der Waals surface area (Å²) in [7, 11) is 0. The van der Waals surface area contributed by atoms with Crippen LogP contribution in [-0.2, 0) is 6.42 Å². The number of rotatable bonds is 5. The number of carbonyl (C=O) groups excluding carboxylic acids is 1. The summed E-state index contributed by atoms with van der Waals surface area (Å²) in [5, 5.41) is 12.1. The van der Waals surface area contributed by atoms with E-state index in [2.05, 4.69) is 26.1 Å². The number of aryl methyl sites for hydroxylation is 1. The van der Waals surface area contributed by atoms with E-state index in [0.29, 0.717) is 5.76 Å². The molecule has 0 aromatic carbocycles. The van der Waals surface area contributed by atoms with Crippen LogP contribution in [0.15, 0.2) is 16.5 Å². The topological polar surface area (TPSA) is 62.5 Å². The molecule has 0 spiro atoms. The summed E-state index contributed by atoms with van der Waals surface area (Å²) in [4.78, 5) is 11.9. The first-order valence-corrected chi connectivity index (χ1v) is 6.36. The van der Waals surface area contributed by atoms with Gasteiger partial charge in [0.25, 0.3) is 5.91 Å². The van der Waals surface area contributed by atoms with Crippen molar-refractivity contribution in [3.63, 3.8) is 0 Å². The predicted octanol–water partition coefficient (Wildman–Crippen LogP) is 2.37. The van der Waals surface area contributed by atoms with Gasteiger partial charge < -0.3 is 14.8 Å². The molecule has 1 heterocycles. The fourth-order valence-electron chi connectivity index (χ4n) is 1.85. The summed E-state index contributed by atoms with van der Waals surface area (Å²) in [5.41, 5.74) is 0.0540. The number of aliphatic hydroxyl groups excluding tert-OH is 1. The Kier molecular flexibility index (Phi) is 4.96. The van der Waals surface area contributed by atoms with Crippen molar-refractivity contribution in [2.45, 2.75) is 46.6 Å². The zero-order chi connectivity index (χ0) is 13.8. The Morgan fingerprint density at radius 3 is 2.56 bits per heavy atom. The molecule has 0 aliphatic heterocycles. The normalized spacial score (nSPS) is 13.4. The third kappa shape index (κ3) is 4.53. The van der Waals surface area contributed by atoms with Crippen LogP contribution >= 0.6 is 0 Å². The van der Waals surface area contributed by atoms with Crippen LogP contribution in [0, 0.1) is 5.41 Å². The third-order valence-corrected chi connectivity index (χ3v) is 2.65. The standard InChI is InChI=1S/C14H23NO3/c1-5-11-6-7-12(18-11)13(17)15-10(9-16)8-14(2,3)4/h6-7,10,16H,5,8-9H2,1-4H3,(H,15,17). The van der Waals surface area contributed by atoms with Gasteiger partial charge in [0.15, 0.2) is 5.76 Å². The summed E-state index contributed by atoms with van der Waals surface area (Å²) in [6, 6.07) is 3.22. The molecule has 4 nitrogen and oxygen atoms in total. The van der Waals surface area contributed by atoms with Crippen molar-refractivity contribution >= 4 is 5.91 Å². The van der Waals surface area contributed by atoms with Crippen molar-refractivity contribution in [3.05, 3.63) is 23.7 Å². The van der Waals surface area contributed by atoms with Gasteiger partial charge in [0.1, 0.15) is 5.76 Å². The summed E-state index contributed by atoms with van der Waals surface area (Å²) < 4.78 is 5.38. The van der Waals surface area contributed by atoms with Crippen molar-refractivity contribution in [1.82, 2.24) is 5.32 Å². The van der Waals surface area contributed by atoms with Crippen LogP contribution in [0.5, 0.6) is 0 Å². The van der Waals surface area contributed by atoms with Crippen LogP contribution in [-0.4, -0.2) is 23.7 Å². The lowest BCUT2D eigenvalue weighted by atomic mass is 9.88. The second-order valence-corrected chi connectivity index (χ2v) is 5.74. The van der Waals surface area contributed by atoms with E-state index < -0.39 is 0 Å². The summed E-state index contributed by atoms with van der Waals surface area (Å²) >= 11 is 0. The van der Waals surface area contributed by atoms with Crippen molar-refractivity contribution in [2.24, 2.45) is 5.41 Å². The number of hydrogen-bond donors (Lipinski definition) is 2. The molecule has 18 heavy (non-hydrogen) atoms. The van der Waals surface area contributed by atoms with Crippen LogP contribution in [0.25, 0.3) is 0 Å². The van der Waals surface area contributed by atoms with Gasteiger partial charge in [-0.1, -0.05) is 27.7 Å². The maximum Gasteiger partial charge on any atom is 0.287 e. The van der Waals surface area contributed by atoms with Gasteiger partial charge in [0, 0.05) is 6.42 Å². The van der Waals surface area contributed by atoms with Gasteiger partial charge in [-0.2, -0.15) is 0 Å². The van der Waals surface area contributed by atoms with Crippen LogP contribution in [0.4, 0.5) is 0 Å². The average Bonchev–Trinajstić information content (AvgIpc) is 2.74. The first-order valence-electron chi connectivity index (χ1n) is 6.36. The Morgan fingerprint density at radius 2 is 2.11 bits per heavy atom. The molecular weight excluding hydrogens is 230 g/mol. The lowest BCUT2D eigenvalue weighted by Crippen LogP contribution is -2.39. The molecule has 0 saturated carbocycles. The van der Waals surface area contributed by atoms with E-state index in [-0.39, 0.29) is 24.0 Å². The molecule has 1 rings (SSSR count). The Bertz CT molecular complexity index is 390. The van der Waals surface area contributed by atoms with E-state index in [0.717, 1.165) is 18.6 Å². The van der Waals surface area contributed by atoms with E-state index in [4.69, 9.17) is 4.42 Å². The molecule has 1 aromatic rings. The lowest BCUT2D eigenvalue weighted by Gasteiger charge is -2.25. The first kappa shape index (κ1) is 14.8. The van der Waals surface area contributed by atoms with E-state index in [1.807, 2.05) is 6.92 Å². The van der Waals surface area contributed by atoms with Crippen LogP contribution in [0.2, 0.25) is 0 Å². The molecule has 1 unspecified atom stereocenters. The Balaban J connectivity index is 2.62. The Morgan fingerprint density at radius 1 is 1.44 bits per heavy atom. The minimum absolute atomic E-state index is 0.0540. The highest BCUT2D eigenvalue weighted by Crippen LogP contribution is 2.21. The van der Waals surface area contributed by atoms with Gasteiger partial charge in [0.2, 0.25) is 0 Å². The van der Waals surface area contributed by atoms with Gasteiger partial charge in [-0.25, -0.2) is 0 Å². The lowest BCUT2D eigenvalue weighted by molar-refractivity contribution is 0.0868. The molecular formula is C14H23NO3. The largest absolute Gasteiger partial charge is 0.456 e. The number of amides is 1. The van der Waals surface area contributed by atoms with Gasteiger partial charge in [-0.15, -0.1) is 0 Å². The summed E-state index contributed by atoms with van der Waals surface area (Å²) in [6.45, 7) is 8.12. The average molecular weight is 253 g/mol. The van der Waals surface area contributed by atoms with Gasteiger partial charge >= 0.3 is 0 Å². The highest BCUT2D eigenvalue weighted by Gasteiger charge is 2.21. The number of aliphatic hydroxyl groups is 1. The fraction of sp³-hybridized carbons (Fsp3) is 0.643. The zero-order valence-electron chi connectivity index (χ0n) is 11.6. The monoisotopic (exact) mass is 253 g/mol. The molecule has 1 amide bonds. The molecule has 1 atom stereocenters. The van der Waals surface area contributed by atoms with E-state index >= 15 is 0 Å². The minimum Gasteiger partial charge on any atom is -0.456 e. The summed E-state index contributed by atoms with van der Waals surface area (Å²) in [6.07, 6.45) is 1.48. The van der Waals surface area contributed by atoms with E-state index in [9.17, 15) is 9.90 Å². The van der Waals surface area contributed by atoms with Gasteiger partial charge in [0.05, 0.1) is 12.6 Å². The molecule has 0 aliphatic carbocycles. The Labute approximate surface area is 108 Å². The molecule has 2 N–H and O–H groups in total. The van der Waals surface area contributed by atoms with Crippen LogP contribution < -0.4 is 5.32 Å². The fourth-order valence-corrected chi connectivity index (χ4v) is 1.85. The third-order valence-electron chi connectivity index (χ3n) is 2.65. The highest BCUT2D eigenvalue weighted by molar-refractivity contribution is 5.91. The second-order valence-electron chi connectivity index (χ2n) is 5.74. The molecule has 1 aromatic heterocycles. The van der Waals surface area contributed by atoms with Crippen molar-refractivity contribution < 1.29 is 14.3 Å². The molecule has 0 fully saturated rings. The maximum absolute atomic E-state index is 11.9. The minimum atomic E-state index is -0.266. The van der Waals surface area contributed by atoms with Crippen LogP contribution in [0.3, 0.4) is 0 Å². The second kappa shape index (κ2) is 6.05. The zero-order valence-corrected chi connectivity index (χ0v) is 11.6. The molecule has 4 heteroatoms. The highest BCUT2D eigenvalue weighted by atomic mass is 16.3. The molecule has 0 saturated heterocycles. The van der Waals surface area contributed by atoms with Crippen molar-refractivity contribution in [1.29, 1.82) is 0 Å². The number of carbonyl (C=O) groups is 1. The van der Waals surface area contributed by atoms with Crippen LogP contribution in [0.1, 0.15) is 50.4 Å². The smallest absolute Gasteiger partial charge is 0.287 e. The Hall–Kier alpha value is -1.29. The van der Waals surface area contributed by atoms with Crippen molar-refractivity contribution in [3.8, 4) is 0 Å².